The standard InChI is InChI=1S/C19H25N5O2/c1-3-23-9-8-19(7-6-17(23)25)14-24(11-10-22(19)2)18(26)15-4-5-16(12-20)21-13-15/h4-5,13H,3,6-11,14H2,1-2H3/t19-/m0/s1. The fourth-order valence-corrected chi connectivity index (χ4v) is 3.97. The maximum atomic E-state index is 12.9. The van der Waals surface area contributed by atoms with Gasteiger partial charge in [0.2, 0.25) is 5.91 Å². The van der Waals surface area contributed by atoms with Crippen LogP contribution in [0, 0.1) is 11.3 Å². The van der Waals surface area contributed by atoms with Crippen LogP contribution < -0.4 is 0 Å². The first-order chi connectivity index (χ1) is 12.5. The summed E-state index contributed by atoms with van der Waals surface area (Å²) in [5, 5.41) is 8.86. The Kier molecular flexibility index (Phi) is 5.23. The van der Waals surface area contributed by atoms with E-state index >= 15 is 0 Å². The minimum atomic E-state index is -0.159. The molecule has 2 saturated heterocycles. The molecule has 138 valence electrons. The first kappa shape index (κ1) is 18.3. The van der Waals surface area contributed by atoms with Crippen LogP contribution in [0.25, 0.3) is 0 Å². The van der Waals surface area contributed by atoms with Gasteiger partial charge >= 0.3 is 0 Å². The van der Waals surface area contributed by atoms with Crippen molar-refractivity contribution in [2.24, 2.45) is 0 Å². The van der Waals surface area contributed by atoms with E-state index in [-0.39, 0.29) is 17.4 Å². The minimum absolute atomic E-state index is 0.0580. The fourth-order valence-electron chi connectivity index (χ4n) is 3.97. The van der Waals surface area contributed by atoms with E-state index in [0.717, 1.165) is 32.5 Å². The van der Waals surface area contributed by atoms with Gasteiger partial charge in [-0.1, -0.05) is 0 Å². The molecule has 0 N–H and O–H groups in total. The van der Waals surface area contributed by atoms with Gasteiger partial charge in [-0.15, -0.1) is 0 Å². The second-order valence-corrected chi connectivity index (χ2v) is 7.14. The lowest BCUT2D eigenvalue weighted by Crippen LogP contribution is -2.62. The predicted octanol–water partition coefficient (Wildman–Crippen LogP) is 1.11. The monoisotopic (exact) mass is 355 g/mol. The summed E-state index contributed by atoms with van der Waals surface area (Å²) in [4.78, 5) is 35.3. The second-order valence-electron chi connectivity index (χ2n) is 7.14. The van der Waals surface area contributed by atoms with Gasteiger partial charge in [-0.2, -0.15) is 5.26 Å². The topological polar surface area (TPSA) is 80.5 Å². The molecule has 0 unspecified atom stereocenters. The summed E-state index contributed by atoms with van der Waals surface area (Å²) in [5.41, 5.74) is 0.648. The number of carbonyl (C=O) groups is 2. The molecule has 1 aromatic heterocycles. The molecule has 7 nitrogen and oxygen atoms in total. The second kappa shape index (κ2) is 7.42. The Hall–Kier alpha value is -2.46. The van der Waals surface area contributed by atoms with Crippen LogP contribution in [0.2, 0.25) is 0 Å². The molecule has 1 aromatic rings. The highest BCUT2D eigenvalue weighted by atomic mass is 16.2. The van der Waals surface area contributed by atoms with Crippen LogP contribution in [0.3, 0.4) is 0 Å². The zero-order chi connectivity index (χ0) is 18.7. The number of likely N-dealkylation sites (tertiary alicyclic amines) is 1. The maximum absolute atomic E-state index is 12.9. The van der Waals surface area contributed by atoms with Crippen LogP contribution in [-0.4, -0.2) is 76.8 Å². The number of piperazine rings is 1. The van der Waals surface area contributed by atoms with Crippen molar-refractivity contribution in [3.05, 3.63) is 29.6 Å². The van der Waals surface area contributed by atoms with Crippen LogP contribution in [-0.2, 0) is 4.79 Å². The van der Waals surface area contributed by atoms with Crippen LogP contribution in [0.5, 0.6) is 0 Å². The molecule has 2 fully saturated rings. The summed E-state index contributed by atoms with van der Waals surface area (Å²) in [6, 6.07) is 5.20. The van der Waals surface area contributed by atoms with Crippen molar-refractivity contribution in [1.29, 1.82) is 5.26 Å². The molecular formula is C19H25N5O2. The number of hydrogen-bond donors (Lipinski definition) is 0. The number of aromatic nitrogens is 1. The van der Waals surface area contributed by atoms with Crippen molar-refractivity contribution in [1.82, 2.24) is 19.7 Å². The van der Waals surface area contributed by atoms with E-state index in [1.165, 1.54) is 6.20 Å². The lowest BCUT2D eigenvalue weighted by atomic mass is 9.86. The van der Waals surface area contributed by atoms with Crippen molar-refractivity contribution >= 4 is 11.8 Å². The normalized spacial score (nSPS) is 24.4. The Balaban J connectivity index is 1.78. The van der Waals surface area contributed by atoms with Gasteiger partial charge < -0.3 is 9.80 Å². The van der Waals surface area contributed by atoms with Crippen LogP contribution in [0.1, 0.15) is 42.2 Å². The van der Waals surface area contributed by atoms with Crippen LogP contribution in [0.4, 0.5) is 0 Å². The highest BCUT2D eigenvalue weighted by Gasteiger charge is 2.43. The number of rotatable bonds is 2. The lowest BCUT2D eigenvalue weighted by molar-refractivity contribution is -0.130. The number of nitrogens with zero attached hydrogens (tertiary/aromatic N) is 5. The van der Waals surface area contributed by atoms with E-state index in [0.29, 0.717) is 30.8 Å². The molecule has 0 radical (unpaired) electrons. The Morgan fingerprint density at radius 2 is 2.12 bits per heavy atom. The number of amides is 2. The number of carbonyl (C=O) groups excluding carboxylic acids is 2. The van der Waals surface area contributed by atoms with Gasteiger partial charge in [-0.05, 0) is 38.9 Å². The van der Waals surface area contributed by atoms with Crippen molar-refractivity contribution in [3.63, 3.8) is 0 Å². The molecule has 2 amide bonds. The molecule has 26 heavy (non-hydrogen) atoms. The molecule has 1 atom stereocenters. The molecule has 3 heterocycles. The van der Waals surface area contributed by atoms with Crippen molar-refractivity contribution in [2.75, 3.05) is 39.8 Å². The SMILES string of the molecule is CCN1CC[C@@]2(CCC1=O)CN(C(=O)c1ccc(C#N)nc1)CCN2C. The molecule has 2 aliphatic rings. The number of hydrogen-bond acceptors (Lipinski definition) is 5. The zero-order valence-electron chi connectivity index (χ0n) is 15.4. The summed E-state index contributed by atoms with van der Waals surface area (Å²) in [5.74, 6) is 0.148. The summed E-state index contributed by atoms with van der Waals surface area (Å²) in [6.45, 7) is 5.54. The van der Waals surface area contributed by atoms with E-state index in [9.17, 15) is 9.59 Å². The van der Waals surface area contributed by atoms with E-state index in [2.05, 4.69) is 16.9 Å². The molecule has 2 aliphatic heterocycles. The van der Waals surface area contributed by atoms with Crippen molar-refractivity contribution in [3.8, 4) is 6.07 Å². The third-order valence-corrected chi connectivity index (χ3v) is 5.80. The summed E-state index contributed by atoms with van der Waals surface area (Å²) < 4.78 is 0. The van der Waals surface area contributed by atoms with Gasteiger partial charge in [0.1, 0.15) is 11.8 Å². The van der Waals surface area contributed by atoms with Crippen molar-refractivity contribution < 1.29 is 9.59 Å². The smallest absolute Gasteiger partial charge is 0.255 e. The molecule has 0 saturated carbocycles. The molecule has 0 bridgehead atoms. The Morgan fingerprint density at radius 3 is 2.77 bits per heavy atom. The van der Waals surface area contributed by atoms with E-state index in [1.807, 2.05) is 22.8 Å². The third kappa shape index (κ3) is 3.42. The van der Waals surface area contributed by atoms with Crippen LogP contribution >= 0.6 is 0 Å². The largest absolute Gasteiger partial charge is 0.343 e. The lowest BCUT2D eigenvalue weighted by Gasteiger charge is -2.49. The quantitative estimate of drug-likeness (QED) is 0.794. The summed E-state index contributed by atoms with van der Waals surface area (Å²) in [7, 11) is 2.09. The van der Waals surface area contributed by atoms with Gasteiger partial charge in [-0.25, -0.2) is 4.98 Å². The molecule has 0 aliphatic carbocycles. The predicted molar refractivity (Wildman–Crippen MR) is 96.3 cm³/mol. The van der Waals surface area contributed by atoms with Gasteiger partial charge in [0.25, 0.3) is 5.91 Å². The van der Waals surface area contributed by atoms with E-state index in [1.54, 1.807) is 12.1 Å². The minimum Gasteiger partial charge on any atom is -0.343 e. The first-order valence-electron chi connectivity index (χ1n) is 9.13. The summed E-state index contributed by atoms with van der Waals surface area (Å²) in [6.07, 6.45) is 3.65. The summed E-state index contributed by atoms with van der Waals surface area (Å²) >= 11 is 0. The van der Waals surface area contributed by atoms with Crippen molar-refractivity contribution in [2.45, 2.75) is 31.7 Å². The molecule has 0 aromatic carbocycles. The Labute approximate surface area is 154 Å². The van der Waals surface area contributed by atoms with Gasteiger partial charge in [0, 0.05) is 50.9 Å². The average molecular weight is 355 g/mol. The molecule has 1 spiro atoms. The average Bonchev–Trinajstić information content (AvgIpc) is 2.83. The highest BCUT2D eigenvalue weighted by molar-refractivity contribution is 5.94. The number of pyridine rings is 1. The molecule has 3 rings (SSSR count). The van der Waals surface area contributed by atoms with E-state index in [4.69, 9.17) is 5.26 Å². The molecule has 7 heteroatoms. The van der Waals surface area contributed by atoms with Crippen LogP contribution in [0.15, 0.2) is 18.3 Å². The fraction of sp³-hybridized carbons (Fsp3) is 0.579. The Bertz CT molecular complexity index is 726. The van der Waals surface area contributed by atoms with Gasteiger partial charge in [0.15, 0.2) is 0 Å². The van der Waals surface area contributed by atoms with Gasteiger partial charge in [-0.3, -0.25) is 14.5 Å². The van der Waals surface area contributed by atoms with Gasteiger partial charge in [0.05, 0.1) is 5.56 Å². The zero-order valence-corrected chi connectivity index (χ0v) is 15.4. The number of likely N-dealkylation sites (N-methyl/N-ethyl adjacent to an activating group) is 1. The van der Waals surface area contributed by atoms with E-state index < -0.39 is 0 Å². The first-order valence-corrected chi connectivity index (χ1v) is 9.13. The maximum Gasteiger partial charge on any atom is 0.255 e. The number of nitriles is 1. The molecular weight excluding hydrogens is 330 g/mol. The Morgan fingerprint density at radius 1 is 1.31 bits per heavy atom. The third-order valence-electron chi connectivity index (χ3n) is 5.80. The highest BCUT2D eigenvalue weighted by Crippen LogP contribution is 2.32.